The highest BCUT2D eigenvalue weighted by Crippen LogP contribution is 2.31. The molecule has 1 unspecified atom stereocenters. The number of benzene rings is 1. The Labute approximate surface area is 116 Å². The maximum atomic E-state index is 6.09. The van der Waals surface area contributed by atoms with Crippen molar-refractivity contribution in [2.24, 2.45) is 0 Å². The number of hydrogen-bond donors (Lipinski definition) is 1. The zero-order valence-corrected chi connectivity index (χ0v) is 12.3. The van der Waals surface area contributed by atoms with E-state index in [1.54, 1.807) is 12.1 Å². The highest BCUT2D eigenvalue weighted by Gasteiger charge is 2.09. The molecular formula is C11H14Cl3NS. The third kappa shape index (κ3) is 4.01. The average Bonchev–Trinajstić information content (AvgIpc) is 2.28. The van der Waals surface area contributed by atoms with Crippen molar-refractivity contribution in [1.82, 2.24) is 5.32 Å². The summed E-state index contributed by atoms with van der Waals surface area (Å²) in [6, 6.07) is 3.48. The summed E-state index contributed by atoms with van der Waals surface area (Å²) in [6.07, 6.45) is 2.09. The Morgan fingerprint density at radius 1 is 1.25 bits per heavy atom. The zero-order chi connectivity index (χ0) is 12.1. The summed E-state index contributed by atoms with van der Waals surface area (Å²) < 4.78 is 0. The van der Waals surface area contributed by atoms with Gasteiger partial charge in [0.2, 0.25) is 0 Å². The fraction of sp³-hybridized carbons (Fsp3) is 0.455. The van der Waals surface area contributed by atoms with Crippen LogP contribution in [0, 0.1) is 0 Å². The van der Waals surface area contributed by atoms with E-state index in [-0.39, 0.29) is 0 Å². The topological polar surface area (TPSA) is 12.0 Å². The molecule has 0 fully saturated rings. The first kappa shape index (κ1) is 14.5. The molecule has 0 amide bonds. The SMILES string of the molecule is CSC(C)CNCc1c(Cl)ccc(Cl)c1Cl. The minimum absolute atomic E-state index is 0.540. The second kappa shape index (κ2) is 6.97. The van der Waals surface area contributed by atoms with Gasteiger partial charge in [0.05, 0.1) is 10.0 Å². The van der Waals surface area contributed by atoms with Crippen molar-refractivity contribution in [2.75, 3.05) is 12.8 Å². The Bertz CT molecular complexity index is 357. The molecule has 0 heterocycles. The van der Waals surface area contributed by atoms with Crippen LogP contribution >= 0.6 is 46.6 Å². The van der Waals surface area contributed by atoms with Gasteiger partial charge in [0.25, 0.3) is 0 Å². The van der Waals surface area contributed by atoms with Gasteiger partial charge in [-0.2, -0.15) is 11.8 Å². The molecule has 0 radical (unpaired) electrons. The van der Waals surface area contributed by atoms with E-state index in [9.17, 15) is 0 Å². The second-order valence-electron chi connectivity index (χ2n) is 3.50. The molecule has 0 aliphatic heterocycles. The summed E-state index contributed by atoms with van der Waals surface area (Å²) >= 11 is 19.9. The molecule has 0 saturated carbocycles. The van der Waals surface area contributed by atoms with Gasteiger partial charge < -0.3 is 5.32 Å². The minimum atomic E-state index is 0.540. The molecule has 0 aliphatic rings. The summed E-state index contributed by atoms with van der Waals surface area (Å²) in [5.41, 5.74) is 0.865. The summed E-state index contributed by atoms with van der Waals surface area (Å²) in [5.74, 6) is 0. The zero-order valence-electron chi connectivity index (χ0n) is 9.19. The lowest BCUT2D eigenvalue weighted by molar-refractivity contribution is 0.685. The highest BCUT2D eigenvalue weighted by atomic mass is 35.5. The molecule has 1 aromatic rings. The van der Waals surface area contributed by atoms with Crippen molar-refractivity contribution in [3.63, 3.8) is 0 Å². The van der Waals surface area contributed by atoms with Crippen LogP contribution in [-0.4, -0.2) is 18.1 Å². The lowest BCUT2D eigenvalue weighted by atomic mass is 10.2. The fourth-order valence-electron chi connectivity index (χ4n) is 1.21. The van der Waals surface area contributed by atoms with Crippen LogP contribution in [0.5, 0.6) is 0 Å². The van der Waals surface area contributed by atoms with E-state index >= 15 is 0 Å². The number of nitrogens with one attached hydrogen (secondary N) is 1. The maximum Gasteiger partial charge on any atom is 0.0652 e. The molecule has 16 heavy (non-hydrogen) atoms. The number of thioether (sulfide) groups is 1. The van der Waals surface area contributed by atoms with Gasteiger partial charge in [0.15, 0.2) is 0 Å². The van der Waals surface area contributed by atoms with Crippen LogP contribution in [0.1, 0.15) is 12.5 Å². The third-order valence-electron chi connectivity index (χ3n) is 2.27. The monoisotopic (exact) mass is 297 g/mol. The molecule has 0 saturated heterocycles. The van der Waals surface area contributed by atoms with Crippen molar-refractivity contribution in [2.45, 2.75) is 18.7 Å². The summed E-state index contributed by atoms with van der Waals surface area (Å²) in [5, 5.41) is 5.61. The van der Waals surface area contributed by atoms with Crippen LogP contribution in [0.4, 0.5) is 0 Å². The first-order chi connectivity index (χ1) is 7.56. The van der Waals surface area contributed by atoms with Gasteiger partial charge >= 0.3 is 0 Å². The van der Waals surface area contributed by atoms with Crippen molar-refractivity contribution in [1.29, 1.82) is 0 Å². The molecule has 1 aromatic carbocycles. The van der Waals surface area contributed by atoms with Gasteiger partial charge in [0, 0.05) is 28.9 Å². The molecule has 0 spiro atoms. The molecule has 5 heteroatoms. The predicted molar refractivity (Wildman–Crippen MR) is 76.2 cm³/mol. The molecule has 1 atom stereocenters. The average molecular weight is 299 g/mol. The molecule has 0 aromatic heterocycles. The van der Waals surface area contributed by atoms with Crippen LogP contribution in [0.25, 0.3) is 0 Å². The van der Waals surface area contributed by atoms with Gasteiger partial charge in [-0.25, -0.2) is 0 Å². The van der Waals surface area contributed by atoms with Gasteiger partial charge in [-0.3, -0.25) is 0 Å². The standard InChI is InChI=1S/C11H14Cl3NS/c1-7(16-2)5-15-6-8-9(12)3-4-10(13)11(8)14/h3-4,7,15H,5-6H2,1-2H3. The normalized spacial score (nSPS) is 12.8. The van der Waals surface area contributed by atoms with E-state index in [1.165, 1.54) is 0 Å². The summed E-state index contributed by atoms with van der Waals surface area (Å²) in [7, 11) is 0. The predicted octanol–water partition coefficient (Wildman–Crippen LogP) is 4.49. The second-order valence-corrected chi connectivity index (χ2v) is 5.97. The molecule has 0 aliphatic carbocycles. The van der Waals surface area contributed by atoms with E-state index in [2.05, 4.69) is 18.5 Å². The molecular weight excluding hydrogens is 285 g/mol. The van der Waals surface area contributed by atoms with E-state index in [4.69, 9.17) is 34.8 Å². The minimum Gasteiger partial charge on any atom is -0.311 e. The van der Waals surface area contributed by atoms with E-state index in [0.717, 1.165) is 12.1 Å². The first-order valence-corrected chi connectivity index (χ1v) is 7.34. The third-order valence-corrected chi connectivity index (χ3v) is 4.44. The number of halogens is 3. The molecule has 0 bridgehead atoms. The Kier molecular flexibility index (Phi) is 6.30. The fourth-order valence-corrected chi connectivity index (χ4v) is 2.18. The molecule has 1 rings (SSSR count). The van der Waals surface area contributed by atoms with Crippen molar-refractivity contribution < 1.29 is 0 Å². The number of rotatable bonds is 5. The van der Waals surface area contributed by atoms with Crippen molar-refractivity contribution in [3.05, 3.63) is 32.8 Å². The van der Waals surface area contributed by atoms with Crippen molar-refractivity contribution >= 4 is 46.6 Å². The Morgan fingerprint density at radius 2 is 1.88 bits per heavy atom. The van der Waals surface area contributed by atoms with E-state index in [1.807, 2.05) is 11.8 Å². The lowest BCUT2D eigenvalue weighted by Gasteiger charge is -2.12. The van der Waals surface area contributed by atoms with E-state index in [0.29, 0.717) is 26.9 Å². The van der Waals surface area contributed by atoms with Gasteiger partial charge in [-0.1, -0.05) is 41.7 Å². The van der Waals surface area contributed by atoms with Gasteiger partial charge in [-0.15, -0.1) is 0 Å². The van der Waals surface area contributed by atoms with Crippen LogP contribution < -0.4 is 5.32 Å². The summed E-state index contributed by atoms with van der Waals surface area (Å²) in [6.45, 7) is 3.72. The van der Waals surface area contributed by atoms with Crippen LogP contribution in [0.15, 0.2) is 12.1 Å². The number of hydrogen-bond acceptors (Lipinski definition) is 2. The van der Waals surface area contributed by atoms with Crippen LogP contribution in [0.2, 0.25) is 15.1 Å². The molecule has 90 valence electrons. The van der Waals surface area contributed by atoms with Crippen LogP contribution in [0.3, 0.4) is 0 Å². The van der Waals surface area contributed by atoms with Crippen LogP contribution in [-0.2, 0) is 6.54 Å². The summed E-state index contributed by atoms with van der Waals surface area (Å²) in [4.78, 5) is 0. The molecule has 1 N–H and O–H groups in total. The smallest absolute Gasteiger partial charge is 0.0652 e. The Morgan fingerprint density at radius 3 is 2.50 bits per heavy atom. The Hall–Kier alpha value is 0.400. The van der Waals surface area contributed by atoms with Gasteiger partial charge in [0.1, 0.15) is 0 Å². The maximum absolute atomic E-state index is 6.09. The molecule has 1 nitrogen and oxygen atoms in total. The first-order valence-electron chi connectivity index (χ1n) is 4.92. The van der Waals surface area contributed by atoms with Crippen molar-refractivity contribution in [3.8, 4) is 0 Å². The Balaban J connectivity index is 2.63. The highest BCUT2D eigenvalue weighted by molar-refractivity contribution is 7.99. The van der Waals surface area contributed by atoms with Gasteiger partial charge in [-0.05, 0) is 18.4 Å². The lowest BCUT2D eigenvalue weighted by Crippen LogP contribution is -2.22. The largest absolute Gasteiger partial charge is 0.311 e. The quantitative estimate of drug-likeness (QED) is 0.804. The van der Waals surface area contributed by atoms with E-state index < -0.39 is 0 Å².